The Balaban J connectivity index is 1.94. The summed E-state index contributed by atoms with van der Waals surface area (Å²) < 4.78 is 0. The van der Waals surface area contributed by atoms with Crippen LogP contribution in [0.2, 0.25) is 0 Å². The maximum absolute atomic E-state index is 10.2. The Morgan fingerprint density at radius 1 is 1.06 bits per heavy atom. The Morgan fingerprint density at radius 3 is 2.29 bits per heavy atom. The molecule has 3 heteroatoms. The van der Waals surface area contributed by atoms with E-state index >= 15 is 0 Å². The van der Waals surface area contributed by atoms with Gasteiger partial charge in [-0.25, -0.2) is 0 Å². The second-order valence-electron chi connectivity index (χ2n) is 5.82. The largest absolute Gasteiger partial charge is 0.391 e. The van der Waals surface area contributed by atoms with Gasteiger partial charge in [-0.15, -0.1) is 0 Å². The molecule has 100 valence electrons. The van der Waals surface area contributed by atoms with Gasteiger partial charge in [0.15, 0.2) is 0 Å². The fraction of sp³-hybridized carbons (Fsp3) is 1.00. The van der Waals surface area contributed by atoms with Gasteiger partial charge in [-0.2, -0.15) is 0 Å². The van der Waals surface area contributed by atoms with E-state index in [9.17, 15) is 5.11 Å². The number of hydrogen-bond donors (Lipinski definition) is 2. The summed E-state index contributed by atoms with van der Waals surface area (Å²) in [5, 5.41) is 10.2. The van der Waals surface area contributed by atoms with Gasteiger partial charge in [0.1, 0.15) is 0 Å². The zero-order valence-electron chi connectivity index (χ0n) is 11.1. The third-order valence-corrected chi connectivity index (χ3v) is 4.70. The number of rotatable bonds is 3. The maximum Gasteiger partial charge on any atom is 0.0695 e. The predicted molar refractivity (Wildman–Crippen MR) is 70.9 cm³/mol. The van der Waals surface area contributed by atoms with Crippen molar-refractivity contribution in [1.29, 1.82) is 0 Å². The molecule has 0 aromatic heterocycles. The van der Waals surface area contributed by atoms with Gasteiger partial charge < -0.3 is 10.8 Å². The summed E-state index contributed by atoms with van der Waals surface area (Å²) in [5.41, 5.74) is 5.98. The molecule has 3 nitrogen and oxygen atoms in total. The van der Waals surface area contributed by atoms with Gasteiger partial charge in [0.05, 0.1) is 6.10 Å². The third-order valence-electron chi connectivity index (χ3n) is 4.70. The SMILES string of the molecule is CCN(C1CCC(N)CC1)C1CCCCC1O. The van der Waals surface area contributed by atoms with Gasteiger partial charge in [-0.05, 0) is 45.1 Å². The van der Waals surface area contributed by atoms with Gasteiger partial charge in [-0.1, -0.05) is 19.8 Å². The third kappa shape index (κ3) is 3.21. The van der Waals surface area contributed by atoms with Crippen molar-refractivity contribution in [3.63, 3.8) is 0 Å². The zero-order valence-corrected chi connectivity index (χ0v) is 11.1. The van der Waals surface area contributed by atoms with Crippen LogP contribution in [0.15, 0.2) is 0 Å². The van der Waals surface area contributed by atoms with Gasteiger partial charge in [0.2, 0.25) is 0 Å². The van der Waals surface area contributed by atoms with Crippen LogP contribution < -0.4 is 5.73 Å². The molecule has 2 aliphatic rings. The minimum absolute atomic E-state index is 0.0979. The van der Waals surface area contributed by atoms with E-state index in [4.69, 9.17) is 5.73 Å². The molecule has 2 atom stereocenters. The number of likely N-dealkylation sites (N-methyl/N-ethyl adjacent to an activating group) is 1. The molecule has 0 aromatic carbocycles. The van der Waals surface area contributed by atoms with Crippen LogP contribution >= 0.6 is 0 Å². The van der Waals surface area contributed by atoms with Crippen LogP contribution in [0.25, 0.3) is 0 Å². The minimum atomic E-state index is -0.0979. The van der Waals surface area contributed by atoms with E-state index in [1.165, 1.54) is 32.1 Å². The van der Waals surface area contributed by atoms with Crippen LogP contribution in [-0.4, -0.2) is 40.8 Å². The van der Waals surface area contributed by atoms with Crippen molar-refractivity contribution in [2.45, 2.75) is 82.5 Å². The lowest BCUT2D eigenvalue weighted by Crippen LogP contribution is -2.51. The monoisotopic (exact) mass is 240 g/mol. The van der Waals surface area contributed by atoms with Crippen molar-refractivity contribution >= 4 is 0 Å². The molecule has 0 bridgehead atoms. The highest BCUT2D eigenvalue weighted by molar-refractivity contribution is 4.89. The lowest BCUT2D eigenvalue weighted by molar-refractivity contribution is -0.00812. The molecule has 0 spiro atoms. The molecule has 0 aliphatic heterocycles. The molecule has 0 heterocycles. The molecule has 0 aromatic rings. The number of aliphatic hydroxyl groups is 1. The van der Waals surface area contributed by atoms with Crippen LogP contribution in [0.1, 0.15) is 58.3 Å². The Labute approximate surface area is 105 Å². The first kappa shape index (κ1) is 13.3. The summed E-state index contributed by atoms with van der Waals surface area (Å²) in [4.78, 5) is 2.57. The smallest absolute Gasteiger partial charge is 0.0695 e. The highest BCUT2D eigenvalue weighted by atomic mass is 16.3. The van der Waals surface area contributed by atoms with E-state index in [0.717, 1.165) is 25.8 Å². The van der Waals surface area contributed by atoms with E-state index in [1.54, 1.807) is 0 Å². The fourth-order valence-electron chi connectivity index (χ4n) is 3.68. The maximum atomic E-state index is 10.2. The second-order valence-corrected chi connectivity index (χ2v) is 5.82. The molecule has 17 heavy (non-hydrogen) atoms. The number of nitrogens with two attached hydrogens (primary N) is 1. The van der Waals surface area contributed by atoms with E-state index in [1.807, 2.05) is 0 Å². The van der Waals surface area contributed by atoms with E-state index in [-0.39, 0.29) is 6.10 Å². The first-order chi connectivity index (χ1) is 8.22. The van der Waals surface area contributed by atoms with E-state index < -0.39 is 0 Å². The Bertz CT molecular complexity index is 226. The summed E-state index contributed by atoms with van der Waals surface area (Å²) in [7, 11) is 0. The van der Waals surface area contributed by atoms with E-state index in [0.29, 0.717) is 18.1 Å². The Hall–Kier alpha value is -0.120. The van der Waals surface area contributed by atoms with Gasteiger partial charge in [-0.3, -0.25) is 4.90 Å². The molecule has 0 amide bonds. The average Bonchev–Trinajstić information content (AvgIpc) is 2.35. The first-order valence-electron chi connectivity index (χ1n) is 7.41. The first-order valence-corrected chi connectivity index (χ1v) is 7.41. The Morgan fingerprint density at radius 2 is 1.71 bits per heavy atom. The van der Waals surface area contributed by atoms with Crippen molar-refractivity contribution in [2.24, 2.45) is 5.73 Å². The molecule has 0 saturated heterocycles. The van der Waals surface area contributed by atoms with Crippen molar-refractivity contribution in [3.8, 4) is 0 Å². The number of nitrogens with zero attached hydrogens (tertiary/aromatic N) is 1. The van der Waals surface area contributed by atoms with Crippen LogP contribution in [0.3, 0.4) is 0 Å². The van der Waals surface area contributed by atoms with Crippen LogP contribution in [0.4, 0.5) is 0 Å². The van der Waals surface area contributed by atoms with Gasteiger partial charge >= 0.3 is 0 Å². The second kappa shape index (κ2) is 6.17. The van der Waals surface area contributed by atoms with Crippen LogP contribution in [0.5, 0.6) is 0 Å². The summed E-state index contributed by atoms with van der Waals surface area (Å²) in [6.45, 7) is 3.30. The van der Waals surface area contributed by atoms with Gasteiger partial charge in [0, 0.05) is 18.1 Å². The fourth-order valence-corrected chi connectivity index (χ4v) is 3.68. The highest BCUT2D eigenvalue weighted by Gasteiger charge is 2.33. The molecular formula is C14H28N2O. The molecule has 2 fully saturated rings. The van der Waals surface area contributed by atoms with Crippen molar-refractivity contribution < 1.29 is 5.11 Å². The Kier molecular flexibility index (Phi) is 4.83. The van der Waals surface area contributed by atoms with Crippen LogP contribution in [-0.2, 0) is 0 Å². The molecule has 0 radical (unpaired) electrons. The zero-order chi connectivity index (χ0) is 12.3. The molecule has 2 rings (SSSR count). The summed E-state index contributed by atoms with van der Waals surface area (Å²) >= 11 is 0. The van der Waals surface area contributed by atoms with E-state index in [2.05, 4.69) is 11.8 Å². The summed E-state index contributed by atoms with van der Waals surface area (Å²) in [6.07, 6.45) is 9.31. The highest BCUT2D eigenvalue weighted by Crippen LogP contribution is 2.29. The number of aliphatic hydroxyl groups excluding tert-OH is 1. The molecule has 3 N–H and O–H groups in total. The molecule has 2 saturated carbocycles. The molecule has 2 aliphatic carbocycles. The lowest BCUT2D eigenvalue weighted by Gasteiger charge is -2.44. The van der Waals surface area contributed by atoms with Crippen molar-refractivity contribution in [2.75, 3.05) is 6.54 Å². The summed E-state index contributed by atoms with van der Waals surface area (Å²) in [6, 6.07) is 1.49. The average molecular weight is 240 g/mol. The normalized spacial score (nSPS) is 39.5. The lowest BCUT2D eigenvalue weighted by atomic mass is 9.86. The quantitative estimate of drug-likeness (QED) is 0.792. The topological polar surface area (TPSA) is 49.5 Å². The molecular weight excluding hydrogens is 212 g/mol. The predicted octanol–water partition coefficient (Wildman–Crippen LogP) is 1.88. The van der Waals surface area contributed by atoms with Crippen molar-refractivity contribution in [1.82, 2.24) is 4.90 Å². The van der Waals surface area contributed by atoms with Crippen molar-refractivity contribution in [3.05, 3.63) is 0 Å². The number of hydrogen-bond acceptors (Lipinski definition) is 3. The van der Waals surface area contributed by atoms with Gasteiger partial charge in [0.25, 0.3) is 0 Å². The summed E-state index contributed by atoms with van der Waals surface area (Å²) in [5.74, 6) is 0. The molecule has 2 unspecified atom stereocenters. The van der Waals surface area contributed by atoms with Crippen LogP contribution in [0, 0.1) is 0 Å². The standard InChI is InChI=1S/C14H28N2O/c1-2-16(12-9-7-11(15)8-10-12)13-5-3-4-6-14(13)17/h11-14,17H,2-10,15H2,1H3. The minimum Gasteiger partial charge on any atom is -0.391 e.